The van der Waals surface area contributed by atoms with Crippen LogP contribution in [-0.2, 0) is 9.59 Å². The van der Waals surface area contributed by atoms with Gasteiger partial charge in [-0.05, 0) is 56.0 Å². The molecule has 0 atom stereocenters. The standard InChI is InChI=1S/C26H22ClFN4O2S/c27-17-4-6-20-21(10-17)35-23(29-20)16-3-5-18(19(28)9-16)22-30-26(7-8-26)25(34)32(22)13-14-11-31(12-14)24(33)15-1-2-15/h3-6,9-10,14-15H,1-2,7-8,11-13H2. The number of amides is 2. The van der Waals surface area contributed by atoms with E-state index in [0.717, 1.165) is 23.1 Å². The number of carbonyl (C=O) groups excluding carboxylic acids is 2. The Morgan fingerprint density at radius 2 is 1.97 bits per heavy atom. The number of amidine groups is 1. The second-order valence-corrected chi connectivity index (χ2v) is 11.6. The summed E-state index contributed by atoms with van der Waals surface area (Å²) in [6.07, 6.45) is 3.39. The summed E-state index contributed by atoms with van der Waals surface area (Å²) in [6.45, 7) is 1.78. The summed E-state index contributed by atoms with van der Waals surface area (Å²) in [5.74, 6) is 0.591. The first-order valence-electron chi connectivity index (χ1n) is 12.0. The van der Waals surface area contributed by atoms with Crippen LogP contribution in [0, 0.1) is 17.7 Å². The molecule has 0 bridgehead atoms. The van der Waals surface area contributed by atoms with Crippen LogP contribution in [-0.4, -0.2) is 57.6 Å². The minimum Gasteiger partial charge on any atom is -0.342 e. The number of benzene rings is 2. The number of carbonyl (C=O) groups is 2. The van der Waals surface area contributed by atoms with Crippen molar-refractivity contribution < 1.29 is 14.0 Å². The Bertz CT molecular complexity index is 1440. The van der Waals surface area contributed by atoms with E-state index in [0.29, 0.717) is 59.5 Å². The summed E-state index contributed by atoms with van der Waals surface area (Å²) in [4.78, 5) is 38.3. The first kappa shape index (κ1) is 21.4. The Balaban J connectivity index is 1.14. The third-order valence-electron chi connectivity index (χ3n) is 7.39. The quantitative estimate of drug-likeness (QED) is 0.499. The first-order valence-corrected chi connectivity index (χ1v) is 13.2. The van der Waals surface area contributed by atoms with Gasteiger partial charge in [0.1, 0.15) is 22.2 Å². The average Bonchev–Trinajstić information content (AvgIpc) is 3.73. The fraction of sp³-hybridized carbons (Fsp3) is 0.385. The molecule has 2 saturated carbocycles. The topological polar surface area (TPSA) is 65.9 Å². The van der Waals surface area contributed by atoms with Crippen LogP contribution in [0.3, 0.4) is 0 Å². The molecule has 1 aromatic heterocycles. The van der Waals surface area contributed by atoms with Crippen molar-refractivity contribution in [2.75, 3.05) is 19.6 Å². The molecule has 3 heterocycles. The van der Waals surface area contributed by atoms with Crippen molar-refractivity contribution in [1.29, 1.82) is 0 Å². The summed E-state index contributed by atoms with van der Waals surface area (Å²) >= 11 is 7.55. The molecule has 4 aliphatic rings. The molecule has 2 aliphatic heterocycles. The van der Waals surface area contributed by atoms with Gasteiger partial charge in [0.15, 0.2) is 0 Å². The van der Waals surface area contributed by atoms with Crippen molar-refractivity contribution in [3.8, 4) is 10.6 Å². The number of halogens is 2. The van der Waals surface area contributed by atoms with Crippen LogP contribution < -0.4 is 0 Å². The van der Waals surface area contributed by atoms with E-state index in [-0.39, 0.29) is 23.7 Å². The summed E-state index contributed by atoms with van der Waals surface area (Å²) in [5.41, 5.74) is 1.12. The van der Waals surface area contributed by atoms with Crippen LogP contribution in [0.4, 0.5) is 4.39 Å². The van der Waals surface area contributed by atoms with Gasteiger partial charge in [0.05, 0.1) is 15.8 Å². The zero-order valence-electron chi connectivity index (χ0n) is 18.8. The predicted molar refractivity (Wildman–Crippen MR) is 133 cm³/mol. The van der Waals surface area contributed by atoms with Gasteiger partial charge < -0.3 is 4.90 Å². The Morgan fingerprint density at radius 1 is 1.17 bits per heavy atom. The van der Waals surface area contributed by atoms with Crippen LogP contribution in [0.1, 0.15) is 31.2 Å². The number of rotatable bonds is 5. The third kappa shape index (κ3) is 3.57. The lowest BCUT2D eigenvalue weighted by atomic mass is 9.98. The first-order chi connectivity index (χ1) is 16.9. The number of nitrogens with zero attached hydrogens (tertiary/aromatic N) is 4. The van der Waals surface area contributed by atoms with Gasteiger partial charge in [0.2, 0.25) is 5.91 Å². The van der Waals surface area contributed by atoms with E-state index in [2.05, 4.69) is 4.98 Å². The SMILES string of the molecule is O=C(C1CC1)N1CC(CN2C(=O)C3(CC3)N=C2c2ccc(-c3nc4ccc(Cl)cc4s3)cc2F)C1. The molecular weight excluding hydrogens is 487 g/mol. The summed E-state index contributed by atoms with van der Waals surface area (Å²) in [6, 6.07) is 10.5. The van der Waals surface area contributed by atoms with Crippen LogP contribution in [0.15, 0.2) is 41.4 Å². The van der Waals surface area contributed by atoms with E-state index in [1.165, 1.54) is 17.4 Å². The molecule has 0 radical (unpaired) electrons. The molecule has 35 heavy (non-hydrogen) atoms. The molecular formula is C26H22ClFN4O2S. The number of fused-ring (bicyclic) bond motifs is 1. The molecule has 2 aliphatic carbocycles. The van der Waals surface area contributed by atoms with Crippen LogP contribution in [0.5, 0.6) is 0 Å². The van der Waals surface area contributed by atoms with Gasteiger partial charge in [-0.3, -0.25) is 19.5 Å². The highest BCUT2D eigenvalue weighted by Gasteiger charge is 2.58. The lowest BCUT2D eigenvalue weighted by molar-refractivity contribution is -0.139. The molecule has 2 amide bonds. The van der Waals surface area contributed by atoms with E-state index < -0.39 is 11.4 Å². The number of aliphatic imine (C=N–C) groups is 1. The number of hydrogen-bond acceptors (Lipinski definition) is 5. The number of hydrogen-bond donors (Lipinski definition) is 0. The molecule has 3 fully saturated rings. The molecule has 2 aromatic carbocycles. The smallest absolute Gasteiger partial charge is 0.256 e. The minimum atomic E-state index is -0.708. The molecule has 1 spiro atoms. The maximum absolute atomic E-state index is 15.5. The fourth-order valence-corrected chi connectivity index (χ4v) is 6.28. The van der Waals surface area contributed by atoms with Gasteiger partial charge in [-0.25, -0.2) is 9.37 Å². The highest BCUT2D eigenvalue weighted by molar-refractivity contribution is 7.21. The molecule has 178 valence electrons. The van der Waals surface area contributed by atoms with Crippen molar-refractivity contribution in [2.24, 2.45) is 16.8 Å². The van der Waals surface area contributed by atoms with Crippen molar-refractivity contribution >= 4 is 50.8 Å². The molecule has 0 N–H and O–H groups in total. The molecule has 7 rings (SSSR count). The van der Waals surface area contributed by atoms with Crippen molar-refractivity contribution in [2.45, 2.75) is 31.2 Å². The predicted octanol–water partition coefficient (Wildman–Crippen LogP) is 4.75. The molecule has 1 saturated heterocycles. The zero-order valence-corrected chi connectivity index (χ0v) is 20.4. The monoisotopic (exact) mass is 508 g/mol. The highest BCUT2D eigenvalue weighted by atomic mass is 35.5. The average molecular weight is 509 g/mol. The normalized spacial score (nSPS) is 21.1. The summed E-state index contributed by atoms with van der Waals surface area (Å²) in [5, 5.41) is 1.35. The van der Waals surface area contributed by atoms with Crippen LogP contribution >= 0.6 is 22.9 Å². The maximum Gasteiger partial charge on any atom is 0.256 e. The van der Waals surface area contributed by atoms with E-state index in [4.69, 9.17) is 16.6 Å². The van der Waals surface area contributed by atoms with Crippen LogP contribution in [0.25, 0.3) is 20.8 Å². The second kappa shape index (κ2) is 7.58. The van der Waals surface area contributed by atoms with Gasteiger partial charge in [-0.2, -0.15) is 0 Å². The lowest BCUT2D eigenvalue weighted by Crippen LogP contribution is -2.55. The number of likely N-dealkylation sites (tertiary alicyclic amines) is 1. The molecule has 9 heteroatoms. The van der Waals surface area contributed by atoms with Crippen molar-refractivity contribution in [1.82, 2.24) is 14.8 Å². The minimum absolute atomic E-state index is 0.0361. The molecule has 3 aromatic rings. The van der Waals surface area contributed by atoms with E-state index in [1.54, 1.807) is 17.0 Å². The van der Waals surface area contributed by atoms with Crippen LogP contribution in [0.2, 0.25) is 5.02 Å². The summed E-state index contributed by atoms with van der Waals surface area (Å²) < 4.78 is 16.4. The van der Waals surface area contributed by atoms with Crippen molar-refractivity contribution in [3.05, 3.63) is 52.8 Å². The molecule has 6 nitrogen and oxygen atoms in total. The Kier molecular flexibility index (Phi) is 4.64. The fourth-order valence-electron chi connectivity index (χ4n) is 5.04. The van der Waals surface area contributed by atoms with Gasteiger partial charge in [-0.15, -0.1) is 11.3 Å². The Morgan fingerprint density at radius 3 is 2.69 bits per heavy atom. The van der Waals surface area contributed by atoms with Gasteiger partial charge >= 0.3 is 0 Å². The summed E-state index contributed by atoms with van der Waals surface area (Å²) in [7, 11) is 0. The van der Waals surface area contributed by atoms with Gasteiger partial charge in [0.25, 0.3) is 5.91 Å². The second-order valence-electron chi connectivity index (χ2n) is 10.1. The largest absolute Gasteiger partial charge is 0.342 e. The zero-order chi connectivity index (χ0) is 23.9. The van der Waals surface area contributed by atoms with Gasteiger partial charge in [-0.1, -0.05) is 17.7 Å². The van der Waals surface area contributed by atoms with E-state index in [1.807, 2.05) is 23.1 Å². The van der Waals surface area contributed by atoms with Crippen molar-refractivity contribution in [3.63, 3.8) is 0 Å². The molecule has 0 unspecified atom stereocenters. The van der Waals surface area contributed by atoms with E-state index in [9.17, 15) is 9.59 Å². The lowest BCUT2D eigenvalue weighted by Gasteiger charge is -2.41. The third-order valence-corrected chi connectivity index (χ3v) is 8.69. The Labute approximate surface area is 210 Å². The van der Waals surface area contributed by atoms with Gasteiger partial charge in [0, 0.05) is 42.1 Å². The number of aromatic nitrogens is 1. The maximum atomic E-state index is 15.5. The highest BCUT2D eigenvalue weighted by Crippen LogP contribution is 2.46. The Hall–Kier alpha value is -2.84. The number of thiazole rings is 1. The van der Waals surface area contributed by atoms with E-state index >= 15 is 4.39 Å².